The van der Waals surface area contributed by atoms with Gasteiger partial charge in [-0.3, -0.25) is 0 Å². The number of aryl methyl sites for hydroxylation is 1. The molecule has 1 N–H and O–H groups in total. The summed E-state index contributed by atoms with van der Waals surface area (Å²) in [5, 5.41) is 9.83. The van der Waals surface area contributed by atoms with Crippen LogP contribution in [0.3, 0.4) is 0 Å². The van der Waals surface area contributed by atoms with Crippen molar-refractivity contribution in [3.8, 4) is 0 Å². The standard InChI is InChI=1S/C12H14BrF3O/c1-8-4-2-5-9(11(8)13)10(17)6-3-7-12(14,15)16/h2,4-5,10,17H,3,6-7H2,1H3. The van der Waals surface area contributed by atoms with Gasteiger partial charge in [0, 0.05) is 10.9 Å². The van der Waals surface area contributed by atoms with E-state index < -0.39 is 18.7 Å². The van der Waals surface area contributed by atoms with Gasteiger partial charge in [0.25, 0.3) is 0 Å². The van der Waals surface area contributed by atoms with Crippen LogP contribution >= 0.6 is 15.9 Å². The Balaban J connectivity index is 2.58. The third kappa shape index (κ3) is 4.68. The highest BCUT2D eigenvalue weighted by molar-refractivity contribution is 9.10. The molecule has 1 atom stereocenters. The Labute approximate surface area is 107 Å². The Hall–Kier alpha value is -0.550. The van der Waals surface area contributed by atoms with Gasteiger partial charge in [0.2, 0.25) is 0 Å². The molecule has 0 radical (unpaired) electrons. The Morgan fingerprint density at radius 1 is 1.35 bits per heavy atom. The fourth-order valence-electron chi connectivity index (χ4n) is 1.58. The van der Waals surface area contributed by atoms with Crippen LogP contribution < -0.4 is 0 Å². The van der Waals surface area contributed by atoms with Gasteiger partial charge < -0.3 is 5.11 Å². The van der Waals surface area contributed by atoms with Crippen molar-refractivity contribution in [1.29, 1.82) is 0 Å². The zero-order valence-corrected chi connectivity index (χ0v) is 11.0. The number of aliphatic hydroxyl groups is 1. The van der Waals surface area contributed by atoms with Crippen LogP contribution in [0.4, 0.5) is 13.2 Å². The van der Waals surface area contributed by atoms with Gasteiger partial charge in [-0.15, -0.1) is 0 Å². The average molecular weight is 311 g/mol. The minimum Gasteiger partial charge on any atom is -0.388 e. The lowest BCUT2D eigenvalue weighted by atomic mass is 10.0. The van der Waals surface area contributed by atoms with Crippen LogP contribution in [0.5, 0.6) is 0 Å². The molecule has 1 aromatic carbocycles. The second-order valence-corrected chi connectivity index (χ2v) is 4.79. The summed E-state index contributed by atoms with van der Waals surface area (Å²) >= 11 is 3.33. The molecule has 0 bridgehead atoms. The van der Waals surface area contributed by atoms with Crippen molar-refractivity contribution in [2.75, 3.05) is 0 Å². The van der Waals surface area contributed by atoms with Gasteiger partial charge in [0.05, 0.1) is 6.10 Å². The zero-order valence-electron chi connectivity index (χ0n) is 9.39. The summed E-state index contributed by atoms with van der Waals surface area (Å²) in [7, 11) is 0. The van der Waals surface area contributed by atoms with E-state index in [-0.39, 0.29) is 12.8 Å². The first-order valence-electron chi connectivity index (χ1n) is 5.31. The molecule has 0 saturated carbocycles. The predicted octanol–water partition coefficient (Wildman–Crippen LogP) is 4.52. The first-order valence-corrected chi connectivity index (χ1v) is 6.10. The molecule has 0 aliphatic rings. The van der Waals surface area contributed by atoms with Crippen molar-refractivity contribution in [2.24, 2.45) is 0 Å². The van der Waals surface area contributed by atoms with E-state index in [0.29, 0.717) is 5.56 Å². The molecular weight excluding hydrogens is 297 g/mol. The topological polar surface area (TPSA) is 20.2 Å². The number of benzene rings is 1. The summed E-state index contributed by atoms with van der Waals surface area (Å²) in [4.78, 5) is 0. The van der Waals surface area contributed by atoms with Crippen LogP contribution in [0.25, 0.3) is 0 Å². The van der Waals surface area contributed by atoms with Crippen LogP contribution in [0, 0.1) is 6.92 Å². The second kappa shape index (κ2) is 5.87. The molecule has 1 unspecified atom stereocenters. The molecule has 0 spiro atoms. The average Bonchev–Trinajstić information content (AvgIpc) is 2.20. The molecule has 0 amide bonds. The molecule has 0 fully saturated rings. The van der Waals surface area contributed by atoms with Crippen molar-refractivity contribution in [1.82, 2.24) is 0 Å². The van der Waals surface area contributed by atoms with Crippen molar-refractivity contribution >= 4 is 15.9 Å². The van der Waals surface area contributed by atoms with Gasteiger partial charge in [-0.1, -0.05) is 34.1 Å². The lowest BCUT2D eigenvalue weighted by Crippen LogP contribution is -2.08. The largest absolute Gasteiger partial charge is 0.389 e. The molecule has 96 valence electrons. The molecular formula is C12H14BrF3O. The number of alkyl halides is 3. The van der Waals surface area contributed by atoms with E-state index in [1.165, 1.54) is 0 Å². The van der Waals surface area contributed by atoms with Crippen molar-refractivity contribution in [3.63, 3.8) is 0 Å². The summed E-state index contributed by atoms with van der Waals surface area (Å²) in [5.41, 5.74) is 1.60. The Morgan fingerprint density at radius 2 is 2.00 bits per heavy atom. The van der Waals surface area contributed by atoms with Crippen LogP contribution in [0.1, 0.15) is 36.5 Å². The van der Waals surface area contributed by atoms with Gasteiger partial charge in [0.15, 0.2) is 0 Å². The highest BCUT2D eigenvalue weighted by Crippen LogP contribution is 2.31. The Kier molecular flexibility index (Phi) is 5.01. The molecule has 1 nitrogen and oxygen atoms in total. The molecule has 1 aromatic rings. The molecule has 0 aliphatic carbocycles. The third-order valence-corrected chi connectivity index (χ3v) is 3.60. The van der Waals surface area contributed by atoms with Crippen LogP contribution in [-0.2, 0) is 0 Å². The first kappa shape index (κ1) is 14.5. The maximum atomic E-state index is 12.0. The van der Waals surface area contributed by atoms with Crippen molar-refractivity contribution < 1.29 is 18.3 Å². The van der Waals surface area contributed by atoms with Crippen molar-refractivity contribution in [2.45, 2.75) is 38.5 Å². The Morgan fingerprint density at radius 3 is 2.59 bits per heavy atom. The molecule has 1 rings (SSSR count). The van der Waals surface area contributed by atoms with Crippen molar-refractivity contribution in [3.05, 3.63) is 33.8 Å². The van der Waals surface area contributed by atoms with E-state index in [2.05, 4.69) is 15.9 Å². The summed E-state index contributed by atoms with van der Waals surface area (Å²) in [6.45, 7) is 1.87. The molecule has 0 aliphatic heterocycles. The molecule has 0 aromatic heterocycles. The van der Waals surface area contributed by atoms with Crippen LogP contribution in [-0.4, -0.2) is 11.3 Å². The highest BCUT2D eigenvalue weighted by atomic mass is 79.9. The fraction of sp³-hybridized carbons (Fsp3) is 0.500. The third-order valence-electron chi connectivity index (χ3n) is 2.52. The Bertz CT molecular complexity index is 377. The predicted molar refractivity (Wildman–Crippen MR) is 63.7 cm³/mol. The van der Waals surface area contributed by atoms with E-state index in [4.69, 9.17) is 0 Å². The van der Waals surface area contributed by atoms with Gasteiger partial charge in [-0.2, -0.15) is 13.2 Å². The molecule has 5 heteroatoms. The van der Waals surface area contributed by atoms with E-state index in [9.17, 15) is 18.3 Å². The monoisotopic (exact) mass is 310 g/mol. The summed E-state index contributed by atoms with van der Waals surface area (Å²) < 4.78 is 36.6. The summed E-state index contributed by atoms with van der Waals surface area (Å²) in [6.07, 6.45) is -5.81. The number of aliphatic hydroxyl groups excluding tert-OH is 1. The van der Waals surface area contributed by atoms with Gasteiger partial charge in [-0.05, 0) is 30.9 Å². The maximum Gasteiger partial charge on any atom is 0.389 e. The molecule has 0 saturated heterocycles. The normalized spacial score (nSPS) is 13.8. The summed E-state index contributed by atoms with van der Waals surface area (Å²) in [6, 6.07) is 5.37. The molecule has 17 heavy (non-hydrogen) atoms. The molecule has 0 heterocycles. The summed E-state index contributed by atoms with van der Waals surface area (Å²) in [5.74, 6) is 0. The number of halogens is 4. The minimum absolute atomic E-state index is 0.0644. The minimum atomic E-state index is -4.15. The van der Waals surface area contributed by atoms with E-state index in [0.717, 1.165) is 10.0 Å². The van der Waals surface area contributed by atoms with E-state index in [1.807, 2.05) is 13.0 Å². The highest BCUT2D eigenvalue weighted by Gasteiger charge is 2.26. The number of hydrogen-bond acceptors (Lipinski definition) is 1. The zero-order chi connectivity index (χ0) is 13.1. The van der Waals surface area contributed by atoms with Gasteiger partial charge in [0.1, 0.15) is 0 Å². The second-order valence-electron chi connectivity index (χ2n) is 4.00. The van der Waals surface area contributed by atoms with Gasteiger partial charge >= 0.3 is 6.18 Å². The lowest BCUT2D eigenvalue weighted by Gasteiger charge is -2.14. The quantitative estimate of drug-likeness (QED) is 0.866. The SMILES string of the molecule is Cc1cccc(C(O)CCCC(F)(F)F)c1Br. The fourth-order valence-corrected chi connectivity index (χ4v) is 2.11. The van der Waals surface area contributed by atoms with E-state index >= 15 is 0 Å². The smallest absolute Gasteiger partial charge is 0.388 e. The number of hydrogen-bond donors (Lipinski definition) is 1. The van der Waals surface area contributed by atoms with E-state index in [1.54, 1.807) is 12.1 Å². The first-order chi connectivity index (χ1) is 7.81. The lowest BCUT2D eigenvalue weighted by molar-refractivity contribution is -0.136. The van der Waals surface area contributed by atoms with Crippen LogP contribution in [0.15, 0.2) is 22.7 Å². The maximum absolute atomic E-state index is 12.0. The number of rotatable bonds is 4. The van der Waals surface area contributed by atoms with Crippen LogP contribution in [0.2, 0.25) is 0 Å². The van der Waals surface area contributed by atoms with Gasteiger partial charge in [-0.25, -0.2) is 0 Å².